The average molecular weight is 423 g/mol. The number of hydrogen-bond acceptors (Lipinski definition) is 3. The van der Waals surface area contributed by atoms with Crippen LogP contribution in [0.3, 0.4) is 0 Å². The van der Waals surface area contributed by atoms with Gasteiger partial charge in [-0.2, -0.15) is 4.31 Å². The molecule has 0 heterocycles. The van der Waals surface area contributed by atoms with Crippen molar-refractivity contribution in [2.24, 2.45) is 0 Å². The lowest BCUT2D eigenvalue weighted by atomic mass is 10.1. The average Bonchev–Trinajstić information content (AvgIpc) is 2.75. The molecule has 1 N–H and O–H groups in total. The van der Waals surface area contributed by atoms with E-state index in [2.05, 4.69) is 5.32 Å². The molecule has 0 saturated heterocycles. The number of carbonyl (C=O) groups is 1. The van der Waals surface area contributed by atoms with E-state index in [4.69, 9.17) is 0 Å². The van der Waals surface area contributed by atoms with Gasteiger partial charge < -0.3 is 5.32 Å². The first-order chi connectivity index (χ1) is 14.3. The number of nitrogens with zero attached hydrogens (tertiary/aromatic N) is 1. The van der Waals surface area contributed by atoms with Crippen LogP contribution in [0.25, 0.3) is 0 Å². The fourth-order valence-corrected chi connectivity index (χ4v) is 4.27. The first kappa shape index (κ1) is 21.7. The van der Waals surface area contributed by atoms with E-state index in [1.165, 1.54) is 9.87 Å². The lowest BCUT2D eigenvalue weighted by molar-refractivity contribution is 0.0940. The van der Waals surface area contributed by atoms with Crippen molar-refractivity contribution >= 4 is 15.9 Å². The third kappa shape index (κ3) is 5.14. The molecule has 1 atom stereocenters. The van der Waals surface area contributed by atoms with Crippen LogP contribution < -0.4 is 5.32 Å². The summed E-state index contributed by atoms with van der Waals surface area (Å²) >= 11 is 0. The minimum Gasteiger partial charge on any atom is -0.346 e. The molecular formula is C24H26N2O3S. The Morgan fingerprint density at radius 2 is 1.53 bits per heavy atom. The fraction of sp³-hybridized carbons (Fsp3) is 0.208. The molecule has 156 valence electrons. The van der Waals surface area contributed by atoms with Crippen molar-refractivity contribution in [2.45, 2.75) is 31.3 Å². The second kappa shape index (κ2) is 9.24. The summed E-state index contributed by atoms with van der Waals surface area (Å²) in [4.78, 5) is 12.8. The van der Waals surface area contributed by atoms with Crippen LogP contribution in [-0.2, 0) is 16.6 Å². The Balaban J connectivity index is 1.64. The number of hydrogen-bond donors (Lipinski definition) is 1. The van der Waals surface area contributed by atoms with Crippen molar-refractivity contribution in [3.05, 3.63) is 101 Å². The van der Waals surface area contributed by atoms with Crippen molar-refractivity contribution < 1.29 is 13.2 Å². The van der Waals surface area contributed by atoms with Crippen LogP contribution >= 0.6 is 0 Å². The first-order valence-corrected chi connectivity index (χ1v) is 11.2. The van der Waals surface area contributed by atoms with E-state index in [0.717, 1.165) is 11.1 Å². The summed E-state index contributed by atoms with van der Waals surface area (Å²) in [5.41, 5.74) is 3.55. The Bertz CT molecular complexity index is 1090. The maximum Gasteiger partial charge on any atom is 0.251 e. The molecular weight excluding hydrogens is 396 g/mol. The van der Waals surface area contributed by atoms with Gasteiger partial charge in [-0.15, -0.1) is 0 Å². The molecule has 0 radical (unpaired) electrons. The van der Waals surface area contributed by atoms with Gasteiger partial charge in [0.25, 0.3) is 5.91 Å². The molecule has 5 nitrogen and oxygen atoms in total. The van der Waals surface area contributed by atoms with E-state index < -0.39 is 10.0 Å². The molecule has 0 spiro atoms. The standard InChI is InChI=1S/C24H26N2O3S/c1-18-9-13-21(14-10-18)19(2)25-24(27)22-15-11-20(12-16-22)17-26(3)30(28,29)23-7-5-4-6-8-23/h4-16,19H,17H2,1-3H3,(H,25,27)/t19-/m0/s1. The first-order valence-electron chi connectivity index (χ1n) is 9.75. The van der Waals surface area contributed by atoms with Gasteiger partial charge in [0.1, 0.15) is 0 Å². The molecule has 0 aliphatic carbocycles. The van der Waals surface area contributed by atoms with Gasteiger partial charge in [0.15, 0.2) is 0 Å². The Morgan fingerprint density at radius 3 is 2.13 bits per heavy atom. The third-order valence-electron chi connectivity index (χ3n) is 5.00. The van der Waals surface area contributed by atoms with Gasteiger partial charge in [-0.1, -0.05) is 60.2 Å². The SMILES string of the molecule is Cc1ccc([C@H](C)NC(=O)c2ccc(CN(C)S(=O)(=O)c3ccccc3)cc2)cc1. The van der Waals surface area contributed by atoms with E-state index in [-0.39, 0.29) is 23.4 Å². The van der Waals surface area contributed by atoms with Crippen LogP contribution in [0.4, 0.5) is 0 Å². The zero-order valence-corrected chi connectivity index (χ0v) is 18.2. The molecule has 3 aromatic carbocycles. The monoisotopic (exact) mass is 422 g/mol. The number of nitrogens with one attached hydrogen (secondary N) is 1. The van der Waals surface area contributed by atoms with Gasteiger partial charge >= 0.3 is 0 Å². The quantitative estimate of drug-likeness (QED) is 0.617. The number of sulfonamides is 1. The summed E-state index contributed by atoms with van der Waals surface area (Å²) in [5, 5.41) is 2.99. The van der Waals surface area contributed by atoms with Gasteiger partial charge in [0.2, 0.25) is 10.0 Å². The highest BCUT2D eigenvalue weighted by Gasteiger charge is 2.20. The zero-order chi connectivity index (χ0) is 21.7. The number of amides is 1. The molecule has 0 aliphatic rings. The number of carbonyl (C=O) groups excluding carboxylic acids is 1. The van der Waals surface area contributed by atoms with Crippen LogP contribution in [0.5, 0.6) is 0 Å². The summed E-state index contributed by atoms with van der Waals surface area (Å²) in [5.74, 6) is -0.167. The van der Waals surface area contributed by atoms with Gasteiger partial charge in [0.05, 0.1) is 10.9 Å². The summed E-state index contributed by atoms with van der Waals surface area (Å²) < 4.78 is 26.6. The molecule has 6 heteroatoms. The minimum absolute atomic E-state index is 0.111. The predicted molar refractivity (Wildman–Crippen MR) is 119 cm³/mol. The van der Waals surface area contributed by atoms with E-state index in [9.17, 15) is 13.2 Å². The van der Waals surface area contributed by atoms with E-state index >= 15 is 0 Å². The third-order valence-corrected chi connectivity index (χ3v) is 6.82. The molecule has 1 amide bonds. The second-order valence-electron chi connectivity index (χ2n) is 7.38. The lowest BCUT2D eigenvalue weighted by Gasteiger charge is -2.18. The highest BCUT2D eigenvalue weighted by atomic mass is 32.2. The van der Waals surface area contributed by atoms with Crippen molar-refractivity contribution in [1.82, 2.24) is 9.62 Å². The topological polar surface area (TPSA) is 66.5 Å². The normalized spacial score (nSPS) is 12.5. The summed E-state index contributed by atoms with van der Waals surface area (Å²) in [6.45, 7) is 4.19. The molecule has 0 aromatic heterocycles. The summed E-state index contributed by atoms with van der Waals surface area (Å²) in [7, 11) is -2.01. The van der Waals surface area contributed by atoms with E-state index in [1.54, 1.807) is 61.6 Å². The highest BCUT2D eigenvalue weighted by molar-refractivity contribution is 7.89. The van der Waals surface area contributed by atoms with Gasteiger partial charge in [0, 0.05) is 19.2 Å². The van der Waals surface area contributed by atoms with Crippen molar-refractivity contribution in [3.63, 3.8) is 0 Å². The largest absolute Gasteiger partial charge is 0.346 e. The molecule has 3 rings (SSSR count). The van der Waals surface area contributed by atoms with Crippen LogP contribution in [0.2, 0.25) is 0 Å². The maximum atomic E-state index is 12.7. The summed E-state index contributed by atoms with van der Waals surface area (Å²) in [6.07, 6.45) is 0. The van der Waals surface area contributed by atoms with Crippen LogP contribution in [-0.4, -0.2) is 25.7 Å². The van der Waals surface area contributed by atoms with Gasteiger partial charge in [-0.25, -0.2) is 8.42 Å². The molecule has 0 unspecified atom stereocenters. The zero-order valence-electron chi connectivity index (χ0n) is 17.4. The predicted octanol–water partition coefficient (Wildman–Crippen LogP) is 4.31. The number of benzene rings is 3. The molecule has 3 aromatic rings. The Labute approximate surface area is 178 Å². The summed E-state index contributed by atoms with van der Waals surface area (Å²) in [6, 6.07) is 23.3. The molecule has 0 aliphatic heterocycles. The Hall–Kier alpha value is -2.96. The molecule has 0 bridgehead atoms. The van der Waals surface area contributed by atoms with Gasteiger partial charge in [-0.3, -0.25) is 4.79 Å². The smallest absolute Gasteiger partial charge is 0.251 e. The highest BCUT2D eigenvalue weighted by Crippen LogP contribution is 2.18. The Kier molecular flexibility index (Phi) is 6.70. The maximum absolute atomic E-state index is 12.7. The van der Waals surface area contributed by atoms with E-state index in [0.29, 0.717) is 5.56 Å². The van der Waals surface area contributed by atoms with Crippen LogP contribution in [0.1, 0.15) is 40.0 Å². The van der Waals surface area contributed by atoms with Crippen molar-refractivity contribution in [2.75, 3.05) is 7.05 Å². The number of rotatable bonds is 7. The Morgan fingerprint density at radius 1 is 0.933 bits per heavy atom. The fourth-order valence-electron chi connectivity index (χ4n) is 3.09. The second-order valence-corrected chi connectivity index (χ2v) is 9.42. The molecule has 0 fully saturated rings. The lowest BCUT2D eigenvalue weighted by Crippen LogP contribution is -2.27. The number of aryl methyl sites for hydroxylation is 1. The molecule has 30 heavy (non-hydrogen) atoms. The van der Waals surface area contributed by atoms with Crippen molar-refractivity contribution in [3.8, 4) is 0 Å². The minimum atomic E-state index is -3.56. The van der Waals surface area contributed by atoms with E-state index in [1.807, 2.05) is 38.1 Å². The van der Waals surface area contributed by atoms with Crippen LogP contribution in [0, 0.1) is 6.92 Å². The van der Waals surface area contributed by atoms with Gasteiger partial charge in [-0.05, 0) is 49.2 Å². The van der Waals surface area contributed by atoms with Crippen molar-refractivity contribution in [1.29, 1.82) is 0 Å². The molecule has 0 saturated carbocycles. The van der Waals surface area contributed by atoms with Crippen LogP contribution in [0.15, 0.2) is 83.8 Å².